The van der Waals surface area contributed by atoms with Crippen LogP contribution in [-0.4, -0.2) is 25.8 Å². The summed E-state index contributed by atoms with van der Waals surface area (Å²) in [7, 11) is 0. The van der Waals surface area contributed by atoms with E-state index >= 15 is 0 Å². The number of nitrogens with zero attached hydrogens (tertiary/aromatic N) is 1. The van der Waals surface area contributed by atoms with Gasteiger partial charge in [0.05, 0.1) is 0 Å². The van der Waals surface area contributed by atoms with Crippen LogP contribution in [0.1, 0.15) is 0 Å². The molecule has 0 unspecified atom stereocenters. The third-order valence-corrected chi connectivity index (χ3v) is 0. The summed E-state index contributed by atoms with van der Waals surface area (Å²) in [5.41, 5.74) is 0. The van der Waals surface area contributed by atoms with Gasteiger partial charge in [-0.3, -0.25) is 0 Å². The van der Waals surface area contributed by atoms with Crippen molar-refractivity contribution >= 4 is 25.8 Å². The van der Waals surface area contributed by atoms with Gasteiger partial charge in [-0.15, -0.1) is 0 Å². The number of hydrogen-bond acceptors (Lipinski definition) is 2. The van der Waals surface area contributed by atoms with Crippen LogP contribution < -0.4 is 6.15 Å². The molecule has 3 N–H and O–H groups in total. The maximum absolute atomic E-state index is 6.50. The second-order valence-electron chi connectivity index (χ2n) is 0. The van der Waals surface area contributed by atoms with Gasteiger partial charge in [-0.1, -0.05) is 0 Å². The van der Waals surface area contributed by atoms with Gasteiger partial charge in [0.1, 0.15) is 0 Å². The molecule has 0 spiro atoms. The van der Waals surface area contributed by atoms with Gasteiger partial charge in [-0.2, -0.15) is 0 Å². The summed E-state index contributed by atoms with van der Waals surface area (Å²) in [6.07, 6.45) is 0. The summed E-state index contributed by atoms with van der Waals surface area (Å²) in [4.78, 5) is 0. The molecule has 0 atom stereocenters. The molecular weight excluding hydrogens is 155 g/mol. The quantitative estimate of drug-likeness (QED) is 0.502. The molecule has 0 rings (SSSR count). The first-order valence-corrected chi connectivity index (χ1v) is 0.258. The summed E-state index contributed by atoms with van der Waals surface area (Å²) < 4.78 is 0. The van der Waals surface area contributed by atoms with Crippen molar-refractivity contribution in [3.63, 3.8) is 0 Å². The summed E-state index contributed by atoms with van der Waals surface area (Å²) in [5.74, 6) is 0. The van der Waals surface area contributed by atoms with Crippen molar-refractivity contribution < 1.29 is 0 Å². The molecule has 0 fully saturated rings. The molecule has 4 heavy (non-hydrogen) atoms. The maximum atomic E-state index is 6.50. The average Bonchev–Trinajstić information content (AvgIpc) is 1.00. The Hall–Kier alpha value is 0.320. The van der Waals surface area contributed by atoms with Crippen LogP contribution in [0.25, 0.3) is 0 Å². The van der Waals surface area contributed by atoms with Gasteiger partial charge in [0.25, 0.3) is 0 Å². The number of rotatable bonds is 0. The fourth-order valence-electron chi connectivity index (χ4n) is 0. The van der Waals surface area contributed by atoms with Crippen LogP contribution in [0.5, 0.6) is 0 Å². The first-order valence-electron chi connectivity index (χ1n) is 0.258. The minimum atomic E-state index is 0. The van der Waals surface area contributed by atoms with E-state index in [1.807, 2.05) is 0 Å². The molecule has 0 aliphatic heterocycles. The Kier molecular flexibility index (Phi) is 1190. The van der Waals surface area contributed by atoms with E-state index in [4.69, 9.17) is 5.26 Å². The van der Waals surface area contributed by atoms with Crippen molar-refractivity contribution in [2.24, 2.45) is 0 Å². The standard InChI is InChI=1S/CHN.In.H3N.3H/c1-2;;;;;/h1H;;1H3;;;. The van der Waals surface area contributed by atoms with Crippen LogP contribution in [0.15, 0.2) is 0 Å². The summed E-state index contributed by atoms with van der Waals surface area (Å²) in [6.45, 7) is 3.50. The Labute approximate surface area is 44.2 Å². The van der Waals surface area contributed by atoms with Crippen molar-refractivity contribution in [1.29, 1.82) is 5.26 Å². The SMILES string of the molecule is C#N.N.[InH3]. The molecule has 0 aromatic rings. The number of hydrogen-bond donors (Lipinski definition) is 1. The van der Waals surface area contributed by atoms with Crippen molar-refractivity contribution in [2.75, 3.05) is 0 Å². The molecule has 0 saturated carbocycles. The third-order valence-electron chi connectivity index (χ3n) is 0. The van der Waals surface area contributed by atoms with E-state index in [-0.39, 0.29) is 32.0 Å². The van der Waals surface area contributed by atoms with Crippen molar-refractivity contribution in [1.82, 2.24) is 6.15 Å². The first kappa shape index (κ1) is 27.3. The molecule has 0 saturated heterocycles. The minimum absolute atomic E-state index is 0. The second-order valence-corrected chi connectivity index (χ2v) is 0. The van der Waals surface area contributed by atoms with Crippen LogP contribution in [-0.2, 0) is 0 Å². The van der Waals surface area contributed by atoms with Crippen LogP contribution in [0.4, 0.5) is 0 Å². The van der Waals surface area contributed by atoms with Crippen LogP contribution in [0.3, 0.4) is 0 Å². The monoisotopic (exact) mass is 162 g/mol. The van der Waals surface area contributed by atoms with E-state index in [2.05, 4.69) is 6.57 Å². The van der Waals surface area contributed by atoms with Gasteiger partial charge >= 0.3 is 25.8 Å². The predicted molar refractivity (Wildman–Crippen MR) is 21.6 cm³/mol. The Morgan fingerprint density at radius 2 is 1.25 bits per heavy atom. The van der Waals surface area contributed by atoms with E-state index in [1.165, 1.54) is 0 Å². The van der Waals surface area contributed by atoms with E-state index in [0.717, 1.165) is 0 Å². The van der Waals surface area contributed by atoms with E-state index < -0.39 is 0 Å². The average molecular weight is 162 g/mol. The van der Waals surface area contributed by atoms with Gasteiger partial charge in [-0.05, 0) is 0 Å². The molecule has 0 bridgehead atoms. The normalized spacial score (nSPS) is 0.500. The van der Waals surface area contributed by atoms with Crippen molar-refractivity contribution in [2.45, 2.75) is 0 Å². The molecule has 0 aliphatic rings. The van der Waals surface area contributed by atoms with E-state index in [9.17, 15) is 0 Å². The van der Waals surface area contributed by atoms with E-state index in [0.29, 0.717) is 0 Å². The van der Waals surface area contributed by atoms with Crippen LogP contribution in [0, 0.1) is 11.8 Å². The van der Waals surface area contributed by atoms with Crippen LogP contribution in [0.2, 0.25) is 0 Å². The molecule has 0 aromatic heterocycles. The summed E-state index contributed by atoms with van der Waals surface area (Å²) in [6, 6.07) is 0. The van der Waals surface area contributed by atoms with Gasteiger partial charge in [0.2, 0.25) is 0 Å². The molecule has 0 heterocycles. The Bertz CT molecular complexity index is 10.8. The fraction of sp³-hybridized carbons (Fsp3) is 0. The molecule has 0 amide bonds. The summed E-state index contributed by atoms with van der Waals surface area (Å²) >= 11 is 0. The van der Waals surface area contributed by atoms with Crippen LogP contribution >= 0.6 is 0 Å². The molecule has 3 heteroatoms. The fourth-order valence-corrected chi connectivity index (χ4v) is 0. The Morgan fingerprint density at radius 3 is 1.25 bits per heavy atom. The molecule has 0 aliphatic carbocycles. The number of nitriles is 1. The zero-order valence-electron chi connectivity index (χ0n) is 1.73. The van der Waals surface area contributed by atoms with Crippen molar-refractivity contribution in [3.8, 4) is 6.57 Å². The third kappa shape index (κ3) is 39.5. The van der Waals surface area contributed by atoms with Gasteiger partial charge in [0.15, 0.2) is 0 Å². The second kappa shape index (κ2) is 174. The van der Waals surface area contributed by atoms with Crippen molar-refractivity contribution in [3.05, 3.63) is 0 Å². The molecule has 24 valence electrons. The van der Waals surface area contributed by atoms with E-state index in [1.54, 1.807) is 0 Å². The predicted octanol–water partition coefficient (Wildman–Crippen LogP) is -0.882. The van der Waals surface area contributed by atoms with Gasteiger partial charge in [-0.25, -0.2) is 5.26 Å². The first-order chi connectivity index (χ1) is 1.00. The molecule has 0 aromatic carbocycles. The van der Waals surface area contributed by atoms with Gasteiger partial charge < -0.3 is 6.15 Å². The Balaban J connectivity index is -0.00000000500. The topological polar surface area (TPSA) is 58.8 Å². The summed E-state index contributed by atoms with van der Waals surface area (Å²) in [5, 5.41) is 6.50. The zero-order chi connectivity index (χ0) is 2.00. The zero-order valence-corrected chi connectivity index (χ0v) is 1.73. The molecule has 2 nitrogen and oxygen atoms in total. The van der Waals surface area contributed by atoms with Gasteiger partial charge in [0, 0.05) is 6.57 Å². The molecular formula is CH7InN2. The molecule has 0 radical (unpaired) electrons. The Morgan fingerprint density at radius 1 is 1.25 bits per heavy atom.